The Morgan fingerprint density at radius 1 is 1.15 bits per heavy atom. The average molecular weight is 305 g/mol. The summed E-state index contributed by atoms with van der Waals surface area (Å²) in [6.07, 6.45) is 1.35. The molecule has 1 saturated heterocycles. The van der Waals surface area contributed by atoms with Gasteiger partial charge in [0, 0.05) is 31.7 Å². The number of nitrogens with zero attached hydrogens (tertiary/aromatic N) is 2. The molecule has 0 atom stereocenters. The lowest BCUT2D eigenvalue weighted by molar-refractivity contribution is 0.0638. The van der Waals surface area contributed by atoms with Crippen LogP contribution >= 0.6 is 0 Å². The van der Waals surface area contributed by atoms with Crippen molar-refractivity contribution >= 4 is 9.84 Å². The fourth-order valence-electron chi connectivity index (χ4n) is 2.85. The van der Waals surface area contributed by atoms with E-state index in [1.165, 1.54) is 0 Å². The topological polar surface area (TPSA) is 66.6 Å². The van der Waals surface area contributed by atoms with Gasteiger partial charge in [0.2, 0.25) is 0 Å². The van der Waals surface area contributed by atoms with Gasteiger partial charge in [0.05, 0.1) is 11.5 Å². The van der Waals surface area contributed by atoms with Gasteiger partial charge in [-0.3, -0.25) is 4.90 Å². The molecule has 0 aromatic carbocycles. The molecule has 2 N–H and O–H groups in total. The van der Waals surface area contributed by atoms with Crippen molar-refractivity contribution in [2.45, 2.75) is 32.2 Å². The van der Waals surface area contributed by atoms with E-state index in [0.717, 1.165) is 19.6 Å². The molecule has 0 radical (unpaired) electrons. The molecule has 5 nitrogen and oxygen atoms in total. The van der Waals surface area contributed by atoms with Gasteiger partial charge in [-0.2, -0.15) is 0 Å². The first kappa shape index (κ1) is 17.9. The van der Waals surface area contributed by atoms with Crippen LogP contribution in [0, 0.1) is 5.92 Å². The van der Waals surface area contributed by atoms with Crippen LogP contribution in [0.15, 0.2) is 0 Å². The van der Waals surface area contributed by atoms with E-state index in [4.69, 9.17) is 5.73 Å². The molecule has 1 rings (SSSR count). The molecule has 0 aromatic rings. The Labute approximate surface area is 124 Å². The van der Waals surface area contributed by atoms with E-state index in [-0.39, 0.29) is 17.0 Å². The van der Waals surface area contributed by atoms with Crippen LogP contribution in [0.5, 0.6) is 0 Å². The van der Waals surface area contributed by atoms with Crippen molar-refractivity contribution in [3.8, 4) is 0 Å². The third-order valence-corrected chi connectivity index (χ3v) is 5.86. The van der Waals surface area contributed by atoms with E-state index in [1.807, 2.05) is 0 Å². The lowest BCUT2D eigenvalue weighted by Crippen LogP contribution is -2.59. The number of hydrogen-bond acceptors (Lipinski definition) is 5. The number of likely N-dealkylation sites (N-methyl/N-ethyl adjacent to an activating group) is 1. The molecule has 1 fully saturated rings. The number of nitrogens with two attached hydrogens (primary N) is 1. The lowest BCUT2D eigenvalue weighted by Gasteiger charge is -2.47. The Kier molecular flexibility index (Phi) is 6.44. The fraction of sp³-hybridized carbons (Fsp3) is 1.00. The molecule has 0 spiro atoms. The second-order valence-corrected chi connectivity index (χ2v) is 9.03. The molecule has 0 amide bonds. The van der Waals surface area contributed by atoms with Gasteiger partial charge in [-0.1, -0.05) is 13.8 Å². The second kappa shape index (κ2) is 7.20. The fourth-order valence-corrected chi connectivity index (χ4v) is 4.44. The van der Waals surface area contributed by atoms with Crippen molar-refractivity contribution in [2.24, 2.45) is 11.7 Å². The highest BCUT2D eigenvalue weighted by atomic mass is 32.2. The minimum atomic E-state index is -2.85. The van der Waals surface area contributed by atoms with Crippen molar-refractivity contribution in [3.05, 3.63) is 0 Å². The Morgan fingerprint density at radius 2 is 1.70 bits per heavy atom. The summed E-state index contributed by atoms with van der Waals surface area (Å²) in [4.78, 5) is 4.60. The first-order valence-electron chi connectivity index (χ1n) is 7.51. The van der Waals surface area contributed by atoms with Crippen molar-refractivity contribution in [3.63, 3.8) is 0 Å². The molecule has 0 saturated carbocycles. The van der Waals surface area contributed by atoms with Gasteiger partial charge in [0.15, 0.2) is 0 Å². The van der Waals surface area contributed by atoms with E-state index < -0.39 is 9.84 Å². The van der Waals surface area contributed by atoms with Gasteiger partial charge >= 0.3 is 0 Å². The molecule has 0 aliphatic carbocycles. The molecule has 0 unspecified atom stereocenters. The van der Waals surface area contributed by atoms with Crippen molar-refractivity contribution in [1.82, 2.24) is 9.80 Å². The van der Waals surface area contributed by atoms with Gasteiger partial charge < -0.3 is 10.6 Å². The van der Waals surface area contributed by atoms with Gasteiger partial charge in [-0.15, -0.1) is 0 Å². The van der Waals surface area contributed by atoms with Gasteiger partial charge in [-0.25, -0.2) is 8.42 Å². The third kappa shape index (κ3) is 4.98. The summed E-state index contributed by atoms with van der Waals surface area (Å²) in [5.74, 6) is 1.11. The largest absolute Gasteiger partial charge is 0.329 e. The van der Waals surface area contributed by atoms with Crippen LogP contribution in [-0.4, -0.2) is 75.5 Å². The van der Waals surface area contributed by atoms with E-state index >= 15 is 0 Å². The van der Waals surface area contributed by atoms with E-state index in [1.54, 1.807) is 0 Å². The highest BCUT2D eigenvalue weighted by molar-refractivity contribution is 7.91. The number of rotatable bonds is 7. The first-order valence-corrected chi connectivity index (χ1v) is 9.33. The molecule has 120 valence electrons. The Hall–Kier alpha value is -0.170. The van der Waals surface area contributed by atoms with Crippen molar-refractivity contribution < 1.29 is 8.42 Å². The summed E-state index contributed by atoms with van der Waals surface area (Å²) in [6, 6.07) is 0. The Balaban J connectivity index is 2.84. The third-order valence-electron chi connectivity index (χ3n) is 4.21. The summed E-state index contributed by atoms with van der Waals surface area (Å²) < 4.78 is 23.4. The first-order chi connectivity index (χ1) is 9.21. The second-order valence-electron chi connectivity index (χ2n) is 6.72. The maximum atomic E-state index is 11.7. The van der Waals surface area contributed by atoms with Crippen LogP contribution in [0.3, 0.4) is 0 Å². The minimum absolute atomic E-state index is 0.133. The molecule has 1 heterocycles. The van der Waals surface area contributed by atoms with Crippen LogP contribution < -0.4 is 5.73 Å². The monoisotopic (exact) mass is 305 g/mol. The maximum Gasteiger partial charge on any atom is 0.150 e. The minimum Gasteiger partial charge on any atom is -0.329 e. The lowest BCUT2D eigenvalue weighted by atomic mass is 9.89. The van der Waals surface area contributed by atoms with Crippen molar-refractivity contribution in [1.29, 1.82) is 0 Å². The quantitative estimate of drug-likeness (QED) is 0.738. The highest BCUT2D eigenvalue weighted by Gasteiger charge is 2.40. The summed E-state index contributed by atoms with van der Waals surface area (Å²) in [5.41, 5.74) is 5.93. The molecule has 1 aliphatic rings. The summed E-state index contributed by atoms with van der Waals surface area (Å²) in [7, 11) is 1.28. The van der Waals surface area contributed by atoms with Crippen LogP contribution in [0.4, 0.5) is 0 Å². The number of sulfone groups is 1. The molecule has 0 aromatic heterocycles. The standard InChI is InChI=1S/C14H31N3O2S/c1-13(2)11-17(8-7-16(3)4)14(12-15)5-9-20(18,19)10-6-14/h13H,5-12,15H2,1-4H3. The SMILES string of the molecule is CC(C)CN(CCN(C)C)C1(CN)CCS(=O)(=O)CC1. The van der Waals surface area contributed by atoms with Crippen LogP contribution in [0.1, 0.15) is 26.7 Å². The van der Waals surface area contributed by atoms with E-state index in [9.17, 15) is 8.42 Å². The van der Waals surface area contributed by atoms with Gasteiger partial charge in [0.1, 0.15) is 9.84 Å². The smallest absolute Gasteiger partial charge is 0.150 e. The number of hydrogen-bond donors (Lipinski definition) is 1. The van der Waals surface area contributed by atoms with E-state index in [0.29, 0.717) is 25.3 Å². The molecule has 6 heteroatoms. The van der Waals surface area contributed by atoms with Gasteiger partial charge in [-0.05, 0) is 32.9 Å². The molecule has 20 heavy (non-hydrogen) atoms. The zero-order valence-electron chi connectivity index (χ0n) is 13.4. The zero-order chi connectivity index (χ0) is 15.4. The highest BCUT2D eigenvalue weighted by Crippen LogP contribution is 2.30. The summed E-state index contributed by atoms with van der Waals surface area (Å²) >= 11 is 0. The predicted molar refractivity (Wildman–Crippen MR) is 84.6 cm³/mol. The Morgan fingerprint density at radius 3 is 2.10 bits per heavy atom. The van der Waals surface area contributed by atoms with E-state index in [2.05, 4.69) is 37.7 Å². The summed E-state index contributed by atoms with van der Waals surface area (Å²) in [5, 5.41) is 0. The van der Waals surface area contributed by atoms with Gasteiger partial charge in [0.25, 0.3) is 0 Å². The molecule has 0 bridgehead atoms. The maximum absolute atomic E-state index is 11.7. The Bertz CT molecular complexity index is 379. The van der Waals surface area contributed by atoms with Crippen molar-refractivity contribution in [2.75, 3.05) is 51.8 Å². The van der Waals surface area contributed by atoms with Crippen LogP contribution in [0.25, 0.3) is 0 Å². The zero-order valence-corrected chi connectivity index (χ0v) is 14.2. The predicted octanol–water partition coefficient (Wildman–Crippen LogP) is 0.412. The average Bonchev–Trinajstić information content (AvgIpc) is 2.35. The van der Waals surface area contributed by atoms with Crippen LogP contribution in [0.2, 0.25) is 0 Å². The van der Waals surface area contributed by atoms with Crippen LogP contribution in [-0.2, 0) is 9.84 Å². The molecular formula is C14H31N3O2S. The normalized spacial score (nSPS) is 21.8. The molecular weight excluding hydrogens is 274 g/mol. The molecule has 1 aliphatic heterocycles. The summed E-state index contributed by atoms with van der Waals surface area (Å²) in [6.45, 7) is 7.84.